The maximum Gasteiger partial charge on any atom is 0.408 e. The van der Waals surface area contributed by atoms with Gasteiger partial charge in [0, 0.05) is 0 Å². The van der Waals surface area contributed by atoms with Gasteiger partial charge in [0.2, 0.25) is 0 Å². The lowest BCUT2D eigenvalue weighted by molar-refractivity contribution is -0.386. The Morgan fingerprint density at radius 2 is 1.96 bits per heavy atom. The number of alkyl carbamates (subject to hydrolysis) is 1. The second kappa shape index (κ2) is 7.77. The van der Waals surface area contributed by atoms with Crippen LogP contribution in [0.25, 0.3) is 0 Å². The monoisotopic (exact) mass is 358 g/mol. The summed E-state index contributed by atoms with van der Waals surface area (Å²) in [5.41, 5.74) is -1.50. The second-order valence-electron chi connectivity index (χ2n) is 6.15. The Morgan fingerprint density at radius 1 is 1.36 bits per heavy atom. The quantitative estimate of drug-likeness (QED) is 0.590. The minimum atomic E-state index is -1.54. The molecule has 0 aromatic heterocycles. The van der Waals surface area contributed by atoms with Crippen molar-refractivity contribution < 1.29 is 33.5 Å². The summed E-state index contributed by atoms with van der Waals surface area (Å²) in [6, 6.07) is 1.06. The molecule has 138 valence electrons. The zero-order chi connectivity index (χ0) is 19.4. The minimum Gasteiger partial charge on any atom is -0.481 e. The fraction of sp³-hybridized carbons (Fsp3) is 0.467. The van der Waals surface area contributed by atoms with Gasteiger partial charge in [0.1, 0.15) is 17.5 Å². The number of amides is 1. The predicted molar refractivity (Wildman–Crippen MR) is 83.9 cm³/mol. The number of carboxylic acid groups (broad SMARTS) is 1. The predicted octanol–water partition coefficient (Wildman–Crippen LogP) is 2.48. The van der Waals surface area contributed by atoms with Crippen LogP contribution in [0.15, 0.2) is 18.2 Å². The van der Waals surface area contributed by atoms with Crippen LogP contribution in [0.3, 0.4) is 0 Å². The third kappa shape index (κ3) is 6.24. The average Bonchev–Trinajstić information content (AvgIpc) is 2.44. The molecule has 0 saturated heterocycles. The highest BCUT2D eigenvalue weighted by atomic mass is 19.1. The molecule has 1 aromatic carbocycles. The van der Waals surface area contributed by atoms with Gasteiger partial charge in [-0.3, -0.25) is 10.1 Å². The maximum atomic E-state index is 13.1. The van der Waals surface area contributed by atoms with Gasteiger partial charge in [-0.05, 0) is 39.8 Å². The van der Waals surface area contributed by atoms with Crippen LogP contribution in [-0.2, 0) is 9.53 Å². The molecule has 1 aromatic rings. The van der Waals surface area contributed by atoms with Crippen molar-refractivity contribution in [3.8, 4) is 5.75 Å². The van der Waals surface area contributed by atoms with Crippen LogP contribution in [0.2, 0.25) is 0 Å². The van der Waals surface area contributed by atoms with Gasteiger partial charge in [-0.1, -0.05) is 0 Å². The van der Waals surface area contributed by atoms with Gasteiger partial charge in [0.15, 0.2) is 11.8 Å². The van der Waals surface area contributed by atoms with Gasteiger partial charge in [-0.25, -0.2) is 14.0 Å². The van der Waals surface area contributed by atoms with Gasteiger partial charge < -0.3 is 19.9 Å². The number of hydrogen-bond donors (Lipinski definition) is 2. The number of nitrogens with one attached hydrogen (secondary N) is 1. The zero-order valence-corrected chi connectivity index (χ0v) is 14.1. The van der Waals surface area contributed by atoms with Crippen molar-refractivity contribution in [1.29, 1.82) is 0 Å². The lowest BCUT2D eigenvalue weighted by Gasteiger charge is -2.25. The minimum absolute atomic E-state index is 0.323. The van der Waals surface area contributed by atoms with E-state index < -0.39 is 46.2 Å². The largest absolute Gasteiger partial charge is 0.481 e. The summed E-state index contributed by atoms with van der Waals surface area (Å²) >= 11 is 0. The maximum absolute atomic E-state index is 13.1. The van der Waals surface area contributed by atoms with Crippen molar-refractivity contribution in [2.45, 2.75) is 45.4 Å². The number of nitro groups is 1. The molecule has 0 aliphatic heterocycles. The molecular weight excluding hydrogens is 339 g/mol. The number of halogens is 1. The molecule has 0 heterocycles. The van der Waals surface area contributed by atoms with Crippen LogP contribution >= 0.6 is 0 Å². The van der Waals surface area contributed by atoms with Crippen LogP contribution in [0, 0.1) is 15.9 Å². The van der Waals surface area contributed by atoms with E-state index in [9.17, 15) is 29.2 Å². The van der Waals surface area contributed by atoms with Gasteiger partial charge >= 0.3 is 17.7 Å². The lowest BCUT2D eigenvalue weighted by atomic mass is 10.1. The van der Waals surface area contributed by atoms with E-state index in [-0.39, 0.29) is 5.75 Å². The molecule has 10 heteroatoms. The summed E-state index contributed by atoms with van der Waals surface area (Å²) in [5.74, 6) is -2.59. The van der Waals surface area contributed by atoms with Crippen LogP contribution in [-0.4, -0.2) is 39.8 Å². The van der Waals surface area contributed by atoms with Crippen LogP contribution in [0.4, 0.5) is 14.9 Å². The normalized spacial score (nSPS) is 13.5. The number of carbonyl (C=O) groups is 2. The fourth-order valence-corrected chi connectivity index (χ4v) is 1.82. The molecule has 0 bridgehead atoms. The van der Waals surface area contributed by atoms with E-state index >= 15 is 0 Å². The van der Waals surface area contributed by atoms with Gasteiger partial charge in [0.05, 0.1) is 11.0 Å². The molecule has 0 radical (unpaired) electrons. The Labute approximate surface area is 142 Å². The SMILES string of the molecule is C[C@H](Oc1ccc(F)cc1[N+](=O)[O-])[C@@H](NC(=O)OC(C)(C)C)C(=O)O. The third-order valence-electron chi connectivity index (χ3n) is 2.84. The van der Waals surface area contributed by atoms with E-state index in [4.69, 9.17) is 9.47 Å². The zero-order valence-electron chi connectivity index (χ0n) is 14.1. The molecule has 0 aliphatic carbocycles. The first-order valence-corrected chi connectivity index (χ1v) is 7.23. The Morgan fingerprint density at radius 3 is 2.44 bits per heavy atom. The summed E-state index contributed by atoms with van der Waals surface area (Å²) < 4.78 is 23.4. The Hall–Kier alpha value is -2.91. The topological polar surface area (TPSA) is 128 Å². The first-order chi connectivity index (χ1) is 11.4. The molecule has 1 rings (SSSR count). The standard InChI is InChI=1S/C15H19FN2O7/c1-8(12(13(19)20)17-14(21)25-15(2,3)4)24-11-6-5-9(16)7-10(11)18(22)23/h5-8,12H,1-4H3,(H,17,21)(H,19,20)/t8-,12+/m0/s1. The summed E-state index contributed by atoms with van der Waals surface area (Å²) in [5, 5.41) is 22.3. The molecule has 0 unspecified atom stereocenters. The summed E-state index contributed by atoms with van der Waals surface area (Å²) in [6.07, 6.45) is -2.18. The third-order valence-corrected chi connectivity index (χ3v) is 2.84. The first kappa shape index (κ1) is 20.1. The highest BCUT2D eigenvalue weighted by molar-refractivity contribution is 5.80. The Kier molecular flexibility index (Phi) is 6.26. The van der Waals surface area contributed by atoms with Crippen molar-refractivity contribution in [3.05, 3.63) is 34.1 Å². The molecule has 2 N–H and O–H groups in total. The molecule has 0 fully saturated rings. The molecule has 25 heavy (non-hydrogen) atoms. The Balaban J connectivity index is 2.95. The van der Waals surface area contributed by atoms with E-state index in [0.29, 0.717) is 6.07 Å². The molecule has 0 spiro atoms. The number of aliphatic carboxylic acids is 1. The molecule has 0 saturated carbocycles. The number of carbonyl (C=O) groups excluding carboxylic acids is 1. The molecule has 0 aliphatic rings. The summed E-state index contributed by atoms with van der Waals surface area (Å²) in [4.78, 5) is 33.2. The van der Waals surface area contributed by atoms with Gasteiger partial charge in [0.25, 0.3) is 0 Å². The van der Waals surface area contributed by atoms with Crippen molar-refractivity contribution in [3.63, 3.8) is 0 Å². The average molecular weight is 358 g/mol. The molecular formula is C15H19FN2O7. The summed E-state index contributed by atoms with van der Waals surface area (Å²) in [6.45, 7) is 6.10. The fourth-order valence-electron chi connectivity index (χ4n) is 1.82. The molecule has 2 atom stereocenters. The number of hydrogen-bond acceptors (Lipinski definition) is 6. The van der Waals surface area contributed by atoms with E-state index in [1.165, 1.54) is 6.92 Å². The van der Waals surface area contributed by atoms with Crippen molar-refractivity contribution >= 4 is 17.7 Å². The van der Waals surface area contributed by atoms with Crippen molar-refractivity contribution in [2.24, 2.45) is 0 Å². The summed E-state index contributed by atoms with van der Waals surface area (Å²) in [7, 11) is 0. The second-order valence-corrected chi connectivity index (χ2v) is 6.15. The van der Waals surface area contributed by atoms with E-state index in [0.717, 1.165) is 12.1 Å². The van der Waals surface area contributed by atoms with Crippen LogP contribution < -0.4 is 10.1 Å². The number of benzene rings is 1. The highest BCUT2D eigenvalue weighted by Crippen LogP contribution is 2.28. The Bertz CT molecular complexity index is 672. The number of ether oxygens (including phenoxy) is 2. The highest BCUT2D eigenvalue weighted by Gasteiger charge is 2.31. The smallest absolute Gasteiger partial charge is 0.408 e. The van der Waals surface area contributed by atoms with Crippen molar-refractivity contribution in [1.82, 2.24) is 5.32 Å². The van der Waals surface area contributed by atoms with Crippen molar-refractivity contribution in [2.75, 3.05) is 0 Å². The van der Waals surface area contributed by atoms with Crippen LogP contribution in [0.5, 0.6) is 5.75 Å². The first-order valence-electron chi connectivity index (χ1n) is 7.23. The van der Waals surface area contributed by atoms with E-state index in [2.05, 4.69) is 5.32 Å². The van der Waals surface area contributed by atoms with Crippen LogP contribution in [0.1, 0.15) is 27.7 Å². The van der Waals surface area contributed by atoms with Gasteiger partial charge in [-0.2, -0.15) is 0 Å². The lowest BCUT2D eigenvalue weighted by Crippen LogP contribution is -2.51. The number of carboxylic acids is 1. The van der Waals surface area contributed by atoms with E-state index in [1.54, 1.807) is 20.8 Å². The molecule has 9 nitrogen and oxygen atoms in total. The molecule has 1 amide bonds. The number of nitro benzene ring substituents is 1. The number of rotatable bonds is 6. The van der Waals surface area contributed by atoms with E-state index in [1.807, 2.05) is 0 Å². The number of nitrogens with zero attached hydrogens (tertiary/aromatic N) is 1. The van der Waals surface area contributed by atoms with Gasteiger partial charge in [-0.15, -0.1) is 0 Å².